The Labute approximate surface area is 360 Å². The van der Waals surface area contributed by atoms with Crippen LogP contribution >= 0.6 is 0 Å². The summed E-state index contributed by atoms with van der Waals surface area (Å²) in [5, 5.41) is 0. The Morgan fingerprint density at radius 3 is 0.983 bits per heavy atom. The molecule has 6 heteroatoms. The van der Waals surface area contributed by atoms with E-state index in [1.807, 2.05) is 0 Å². The Morgan fingerprint density at radius 1 is 0.345 bits per heavy atom. The molecule has 1 atom stereocenters. The molecule has 0 heterocycles. The Balaban J connectivity index is 4.36. The molecule has 0 aliphatic heterocycles. The molecule has 0 saturated carbocycles. The molecule has 0 rings (SSSR count). The van der Waals surface area contributed by atoms with E-state index in [0.29, 0.717) is 19.3 Å². The van der Waals surface area contributed by atoms with Crippen LogP contribution in [0.1, 0.15) is 271 Å². The van der Waals surface area contributed by atoms with Crippen LogP contribution in [-0.2, 0) is 28.6 Å². The Bertz CT molecular complexity index is 942. The average molecular weight is 817 g/mol. The average Bonchev–Trinajstić information content (AvgIpc) is 3.22. The summed E-state index contributed by atoms with van der Waals surface area (Å²) in [7, 11) is 0. The third-order valence-electron chi connectivity index (χ3n) is 11.2. The maximum Gasteiger partial charge on any atom is 0.306 e. The number of esters is 3. The molecule has 0 radical (unpaired) electrons. The molecular formula is C52H96O6. The summed E-state index contributed by atoms with van der Waals surface area (Å²) in [6.45, 7) is 6.62. The normalized spacial score (nSPS) is 12.1. The number of unbranched alkanes of at least 4 members (excludes halogenated alkanes) is 31. The van der Waals surface area contributed by atoms with Gasteiger partial charge in [-0.1, -0.05) is 225 Å². The molecule has 0 N–H and O–H groups in total. The maximum atomic E-state index is 12.8. The lowest BCUT2D eigenvalue weighted by Crippen LogP contribution is -2.30. The van der Waals surface area contributed by atoms with Gasteiger partial charge < -0.3 is 14.2 Å². The minimum atomic E-state index is -0.769. The van der Waals surface area contributed by atoms with Crippen molar-refractivity contribution >= 4 is 17.9 Å². The van der Waals surface area contributed by atoms with Gasteiger partial charge in [-0.25, -0.2) is 0 Å². The topological polar surface area (TPSA) is 78.9 Å². The van der Waals surface area contributed by atoms with Gasteiger partial charge in [0, 0.05) is 19.3 Å². The fraction of sp³-hybridized carbons (Fsp3) is 0.865. The zero-order valence-electron chi connectivity index (χ0n) is 38.8. The first-order valence-corrected chi connectivity index (χ1v) is 25.3. The summed E-state index contributed by atoms with van der Waals surface area (Å²) in [6, 6.07) is 0. The van der Waals surface area contributed by atoms with E-state index in [-0.39, 0.29) is 31.1 Å². The van der Waals surface area contributed by atoms with Crippen molar-refractivity contribution in [1.29, 1.82) is 0 Å². The fourth-order valence-corrected chi connectivity index (χ4v) is 7.36. The SMILES string of the molecule is CCCCC/C=C\C/C=C\CCCCCCCC(=O)OCC(COC(=O)CCCCCCCCCCCCCC)OC(=O)CCCCCCCCCCCCCCC. The number of carbonyl (C=O) groups excluding carboxylic acids is 3. The number of ether oxygens (including phenoxy) is 3. The van der Waals surface area contributed by atoms with E-state index in [0.717, 1.165) is 77.0 Å². The molecule has 0 aliphatic rings. The van der Waals surface area contributed by atoms with E-state index in [4.69, 9.17) is 14.2 Å². The van der Waals surface area contributed by atoms with E-state index < -0.39 is 6.10 Å². The van der Waals surface area contributed by atoms with E-state index in [1.54, 1.807) is 0 Å². The van der Waals surface area contributed by atoms with Crippen LogP contribution in [0.3, 0.4) is 0 Å². The lowest BCUT2D eigenvalue weighted by molar-refractivity contribution is -0.167. The second-order valence-electron chi connectivity index (χ2n) is 17.1. The van der Waals surface area contributed by atoms with Crippen molar-refractivity contribution in [1.82, 2.24) is 0 Å². The Morgan fingerprint density at radius 2 is 0.621 bits per heavy atom. The summed E-state index contributed by atoms with van der Waals surface area (Å²) in [5.41, 5.74) is 0. The van der Waals surface area contributed by atoms with Gasteiger partial charge in [-0.3, -0.25) is 14.4 Å². The van der Waals surface area contributed by atoms with Crippen molar-refractivity contribution in [3.05, 3.63) is 24.3 Å². The van der Waals surface area contributed by atoms with Crippen LogP contribution in [0.5, 0.6) is 0 Å². The molecule has 58 heavy (non-hydrogen) atoms. The first-order valence-electron chi connectivity index (χ1n) is 25.3. The van der Waals surface area contributed by atoms with Gasteiger partial charge in [0.15, 0.2) is 6.10 Å². The smallest absolute Gasteiger partial charge is 0.306 e. The maximum absolute atomic E-state index is 12.8. The first kappa shape index (κ1) is 55.9. The Kier molecular flexibility index (Phi) is 45.8. The molecule has 0 saturated heterocycles. The van der Waals surface area contributed by atoms with E-state index in [9.17, 15) is 14.4 Å². The molecule has 0 aromatic carbocycles. The van der Waals surface area contributed by atoms with Crippen molar-refractivity contribution in [3.63, 3.8) is 0 Å². The second kappa shape index (κ2) is 47.6. The summed E-state index contributed by atoms with van der Waals surface area (Å²) in [4.78, 5) is 37.9. The van der Waals surface area contributed by atoms with Gasteiger partial charge in [-0.2, -0.15) is 0 Å². The molecule has 340 valence electrons. The molecular weight excluding hydrogens is 721 g/mol. The predicted octanol–water partition coefficient (Wildman–Crippen LogP) is 16.4. The number of allylic oxidation sites excluding steroid dienone is 4. The summed E-state index contributed by atoms with van der Waals surface area (Å²) < 4.78 is 16.8. The molecule has 0 amide bonds. The van der Waals surface area contributed by atoms with E-state index in [1.165, 1.54) is 154 Å². The minimum absolute atomic E-state index is 0.0710. The number of carbonyl (C=O) groups is 3. The largest absolute Gasteiger partial charge is 0.462 e. The van der Waals surface area contributed by atoms with Crippen LogP contribution in [0.4, 0.5) is 0 Å². The predicted molar refractivity (Wildman–Crippen MR) is 247 cm³/mol. The zero-order valence-corrected chi connectivity index (χ0v) is 38.8. The Hall–Kier alpha value is -2.11. The van der Waals surface area contributed by atoms with Gasteiger partial charge in [0.05, 0.1) is 0 Å². The number of hydrogen-bond acceptors (Lipinski definition) is 6. The molecule has 0 aromatic heterocycles. The van der Waals surface area contributed by atoms with Crippen molar-refractivity contribution < 1.29 is 28.6 Å². The van der Waals surface area contributed by atoms with E-state index >= 15 is 0 Å². The third kappa shape index (κ3) is 45.0. The van der Waals surface area contributed by atoms with Crippen molar-refractivity contribution in [2.75, 3.05) is 13.2 Å². The van der Waals surface area contributed by atoms with Crippen molar-refractivity contribution in [2.24, 2.45) is 0 Å². The van der Waals surface area contributed by atoms with Crippen LogP contribution in [0.25, 0.3) is 0 Å². The van der Waals surface area contributed by atoms with Crippen LogP contribution in [-0.4, -0.2) is 37.2 Å². The fourth-order valence-electron chi connectivity index (χ4n) is 7.36. The van der Waals surface area contributed by atoms with Crippen molar-refractivity contribution in [3.8, 4) is 0 Å². The standard InChI is InChI=1S/C52H96O6/c1-4-7-10-13-16-19-22-25-26-28-30-33-36-39-42-45-51(54)57-48-49(47-56-50(53)44-41-38-35-32-29-24-21-18-15-12-9-6-3)58-52(55)46-43-40-37-34-31-27-23-20-17-14-11-8-5-2/h16,19,25-26,49H,4-15,17-18,20-24,27-48H2,1-3H3/b19-16-,26-25-. The third-order valence-corrected chi connectivity index (χ3v) is 11.2. The summed E-state index contributed by atoms with van der Waals surface area (Å²) >= 11 is 0. The molecule has 6 nitrogen and oxygen atoms in total. The van der Waals surface area contributed by atoms with Gasteiger partial charge in [0.1, 0.15) is 13.2 Å². The summed E-state index contributed by atoms with van der Waals surface area (Å²) in [5.74, 6) is -0.873. The highest BCUT2D eigenvalue weighted by molar-refractivity contribution is 5.71. The van der Waals surface area contributed by atoms with Gasteiger partial charge in [0.25, 0.3) is 0 Å². The highest BCUT2D eigenvalue weighted by atomic mass is 16.6. The van der Waals surface area contributed by atoms with Gasteiger partial charge in [0.2, 0.25) is 0 Å². The minimum Gasteiger partial charge on any atom is -0.462 e. The first-order chi connectivity index (χ1) is 28.5. The van der Waals surface area contributed by atoms with Crippen LogP contribution in [0, 0.1) is 0 Å². The molecule has 0 fully saturated rings. The zero-order chi connectivity index (χ0) is 42.3. The van der Waals surface area contributed by atoms with Gasteiger partial charge in [-0.15, -0.1) is 0 Å². The number of hydrogen-bond donors (Lipinski definition) is 0. The molecule has 0 bridgehead atoms. The van der Waals surface area contributed by atoms with E-state index in [2.05, 4.69) is 45.1 Å². The number of rotatable bonds is 46. The lowest BCUT2D eigenvalue weighted by Gasteiger charge is -2.18. The molecule has 1 unspecified atom stereocenters. The molecule has 0 aliphatic carbocycles. The van der Waals surface area contributed by atoms with Crippen LogP contribution in [0.2, 0.25) is 0 Å². The van der Waals surface area contributed by atoms with Gasteiger partial charge >= 0.3 is 17.9 Å². The van der Waals surface area contributed by atoms with Crippen LogP contribution < -0.4 is 0 Å². The quantitative estimate of drug-likeness (QED) is 0.0263. The highest BCUT2D eigenvalue weighted by Gasteiger charge is 2.19. The van der Waals surface area contributed by atoms with Gasteiger partial charge in [-0.05, 0) is 51.4 Å². The van der Waals surface area contributed by atoms with Crippen molar-refractivity contribution in [2.45, 2.75) is 277 Å². The molecule has 0 spiro atoms. The monoisotopic (exact) mass is 817 g/mol. The summed E-state index contributed by atoms with van der Waals surface area (Å²) in [6.07, 6.45) is 52.9. The molecule has 0 aromatic rings. The second-order valence-corrected chi connectivity index (χ2v) is 17.1. The van der Waals surface area contributed by atoms with Crippen LogP contribution in [0.15, 0.2) is 24.3 Å². The highest BCUT2D eigenvalue weighted by Crippen LogP contribution is 2.16. The lowest BCUT2D eigenvalue weighted by atomic mass is 10.0.